The summed E-state index contributed by atoms with van der Waals surface area (Å²) in [6.45, 7) is 2.68. The number of nitrogens with one attached hydrogen (secondary N) is 4. The fraction of sp³-hybridized carbons (Fsp3) is 0.208. The van der Waals surface area contributed by atoms with E-state index in [9.17, 15) is 9.59 Å². The molecule has 0 bridgehead atoms. The first-order chi connectivity index (χ1) is 15.9. The molecule has 1 saturated heterocycles. The molecule has 1 aliphatic rings. The van der Waals surface area contributed by atoms with Crippen LogP contribution in [0.1, 0.15) is 29.3 Å². The number of hydrogen-bond acceptors (Lipinski definition) is 4. The number of amides is 3. The van der Waals surface area contributed by atoms with Crippen LogP contribution < -0.4 is 20.9 Å². The standard InChI is InChI=1S/C24H24ClN5O2S/c1-15-14-16(25)6-11-19(15)28-24(32)29-22(20-4-3-13-33-20)23(31)27-17-7-9-18(10-8-17)30-12-2-5-21(30)26/h3-4,6-11,13-14,22,26H,2,5,12H2,1H3,(H,27,31)(H2,28,29,32)/t22-/m0/s1. The van der Waals surface area contributed by atoms with Gasteiger partial charge >= 0.3 is 6.03 Å². The van der Waals surface area contributed by atoms with E-state index in [1.165, 1.54) is 11.3 Å². The summed E-state index contributed by atoms with van der Waals surface area (Å²) < 4.78 is 0. The molecule has 1 atom stereocenters. The SMILES string of the molecule is Cc1cc(Cl)ccc1NC(=O)N[C@H](C(=O)Nc1ccc(N2CCCC2=N)cc1)c1cccs1. The van der Waals surface area contributed by atoms with Gasteiger partial charge in [0.05, 0.1) is 0 Å². The third-order valence-corrected chi connectivity index (χ3v) is 6.54. The Balaban J connectivity index is 1.45. The summed E-state index contributed by atoms with van der Waals surface area (Å²) in [6, 6.07) is 14.9. The highest BCUT2D eigenvalue weighted by atomic mass is 35.5. The Morgan fingerprint density at radius 3 is 2.55 bits per heavy atom. The maximum absolute atomic E-state index is 13.1. The van der Waals surface area contributed by atoms with Gasteiger partial charge in [0.15, 0.2) is 0 Å². The van der Waals surface area contributed by atoms with Crippen molar-refractivity contribution >= 4 is 57.8 Å². The van der Waals surface area contributed by atoms with Crippen LogP contribution >= 0.6 is 22.9 Å². The molecule has 9 heteroatoms. The van der Waals surface area contributed by atoms with Gasteiger partial charge in [-0.3, -0.25) is 10.2 Å². The highest BCUT2D eigenvalue weighted by molar-refractivity contribution is 7.10. The molecule has 0 spiro atoms. The van der Waals surface area contributed by atoms with Gasteiger partial charge in [-0.2, -0.15) is 0 Å². The normalized spacial score (nSPS) is 14.1. The predicted molar refractivity (Wildman–Crippen MR) is 135 cm³/mol. The molecule has 7 nitrogen and oxygen atoms in total. The lowest BCUT2D eigenvalue weighted by atomic mass is 10.2. The quantitative estimate of drug-likeness (QED) is 0.358. The van der Waals surface area contributed by atoms with E-state index < -0.39 is 12.1 Å². The zero-order valence-corrected chi connectivity index (χ0v) is 19.6. The van der Waals surface area contributed by atoms with Crippen molar-refractivity contribution in [1.82, 2.24) is 5.32 Å². The van der Waals surface area contributed by atoms with Crippen LogP contribution in [0.5, 0.6) is 0 Å². The van der Waals surface area contributed by atoms with Crippen LogP contribution in [0, 0.1) is 12.3 Å². The van der Waals surface area contributed by atoms with Crippen LogP contribution in [0.4, 0.5) is 21.9 Å². The molecule has 2 heterocycles. The van der Waals surface area contributed by atoms with Crippen LogP contribution in [0.25, 0.3) is 0 Å². The van der Waals surface area contributed by atoms with E-state index in [4.69, 9.17) is 17.0 Å². The van der Waals surface area contributed by atoms with Gasteiger partial charge in [-0.15, -0.1) is 11.3 Å². The molecule has 4 N–H and O–H groups in total. The summed E-state index contributed by atoms with van der Waals surface area (Å²) >= 11 is 7.38. The van der Waals surface area contributed by atoms with Crippen molar-refractivity contribution in [3.63, 3.8) is 0 Å². The molecule has 4 rings (SSSR count). The fourth-order valence-electron chi connectivity index (χ4n) is 3.68. The van der Waals surface area contributed by atoms with Crippen molar-refractivity contribution in [2.75, 3.05) is 22.1 Å². The summed E-state index contributed by atoms with van der Waals surface area (Å²) in [7, 11) is 0. The first kappa shape index (κ1) is 22.8. The Labute approximate surface area is 201 Å². The average Bonchev–Trinajstić information content (AvgIpc) is 3.46. The minimum Gasteiger partial charge on any atom is -0.330 e. The van der Waals surface area contributed by atoms with Crippen molar-refractivity contribution in [2.45, 2.75) is 25.8 Å². The van der Waals surface area contributed by atoms with Crippen LogP contribution in [0.15, 0.2) is 60.0 Å². The van der Waals surface area contributed by atoms with Gasteiger partial charge in [-0.05, 0) is 72.8 Å². The number of amidine groups is 1. The highest BCUT2D eigenvalue weighted by Crippen LogP contribution is 2.25. The predicted octanol–water partition coefficient (Wildman–Crippen LogP) is 5.79. The number of carbonyl (C=O) groups is 2. The second-order valence-electron chi connectivity index (χ2n) is 7.74. The van der Waals surface area contributed by atoms with Crippen molar-refractivity contribution < 1.29 is 9.59 Å². The molecule has 0 unspecified atom stereocenters. The largest absolute Gasteiger partial charge is 0.330 e. The van der Waals surface area contributed by atoms with Gasteiger partial charge < -0.3 is 20.9 Å². The molecule has 2 aromatic carbocycles. The maximum Gasteiger partial charge on any atom is 0.320 e. The van der Waals surface area contributed by atoms with Gasteiger partial charge in [0.2, 0.25) is 0 Å². The second-order valence-corrected chi connectivity index (χ2v) is 9.16. The molecule has 3 aromatic rings. The number of anilines is 3. The van der Waals surface area contributed by atoms with Crippen LogP contribution in [0.3, 0.4) is 0 Å². The van der Waals surface area contributed by atoms with E-state index in [0.29, 0.717) is 22.2 Å². The fourth-order valence-corrected chi connectivity index (χ4v) is 4.68. The Morgan fingerprint density at radius 1 is 1.12 bits per heavy atom. The summed E-state index contributed by atoms with van der Waals surface area (Å²) in [5.41, 5.74) is 2.99. The van der Waals surface area contributed by atoms with Gasteiger partial charge in [0.25, 0.3) is 5.91 Å². The minimum atomic E-state index is -0.857. The lowest BCUT2D eigenvalue weighted by Gasteiger charge is -2.20. The van der Waals surface area contributed by atoms with Crippen molar-refractivity contribution in [3.8, 4) is 0 Å². The molecule has 1 aliphatic heterocycles. The van der Waals surface area contributed by atoms with E-state index >= 15 is 0 Å². The number of urea groups is 1. The monoisotopic (exact) mass is 481 g/mol. The van der Waals surface area contributed by atoms with E-state index in [1.54, 1.807) is 18.2 Å². The molecular formula is C24H24ClN5O2S. The third-order valence-electron chi connectivity index (χ3n) is 5.37. The zero-order chi connectivity index (χ0) is 23.4. The number of nitrogens with zero attached hydrogens (tertiary/aromatic N) is 1. The molecule has 3 amide bonds. The third kappa shape index (κ3) is 5.53. The van der Waals surface area contributed by atoms with Crippen LogP contribution in [0.2, 0.25) is 5.02 Å². The summed E-state index contributed by atoms with van der Waals surface area (Å²) in [6.07, 6.45) is 1.76. The van der Waals surface area contributed by atoms with E-state index in [-0.39, 0.29) is 5.91 Å². The molecule has 0 saturated carbocycles. The number of hydrogen-bond donors (Lipinski definition) is 4. The summed E-state index contributed by atoms with van der Waals surface area (Å²) in [5.74, 6) is 0.262. The number of aryl methyl sites for hydroxylation is 1. The smallest absolute Gasteiger partial charge is 0.320 e. The van der Waals surface area contributed by atoms with E-state index in [2.05, 4.69) is 16.0 Å². The van der Waals surface area contributed by atoms with Crippen LogP contribution in [-0.2, 0) is 4.79 Å². The molecule has 1 aromatic heterocycles. The Bertz CT molecular complexity index is 1160. The van der Waals surface area contributed by atoms with Crippen LogP contribution in [-0.4, -0.2) is 24.3 Å². The number of carbonyl (C=O) groups excluding carboxylic acids is 2. The Morgan fingerprint density at radius 2 is 1.91 bits per heavy atom. The van der Waals surface area contributed by atoms with Crippen molar-refractivity contribution in [1.29, 1.82) is 5.41 Å². The molecule has 1 fully saturated rings. The van der Waals surface area contributed by atoms with Crippen molar-refractivity contribution in [2.24, 2.45) is 0 Å². The minimum absolute atomic E-state index is 0.345. The first-order valence-electron chi connectivity index (χ1n) is 10.5. The molecule has 170 valence electrons. The number of benzene rings is 2. The summed E-state index contributed by atoms with van der Waals surface area (Å²) in [5, 5.41) is 18.9. The zero-order valence-electron chi connectivity index (χ0n) is 18.0. The number of halogens is 1. The Hall–Kier alpha value is -3.36. The topological polar surface area (TPSA) is 97.3 Å². The van der Waals surface area contributed by atoms with Gasteiger partial charge in [0, 0.05) is 39.9 Å². The molecule has 33 heavy (non-hydrogen) atoms. The molecule has 0 radical (unpaired) electrons. The summed E-state index contributed by atoms with van der Waals surface area (Å²) in [4.78, 5) is 28.5. The van der Waals surface area contributed by atoms with Gasteiger partial charge in [-0.25, -0.2) is 4.79 Å². The van der Waals surface area contributed by atoms with E-state index in [1.807, 2.05) is 53.6 Å². The lowest BCUT2D eigenvalue weighted by molar-refractivity contribution is -0.118. The van der Waals surface area contributed by atoms with Gasteiger partial charge in [0.1, 0.15) is 11.9 Å². The van der Waals surface area contributed by atoms with Crippen molar-refractivity contribution in [3.05, 3.63) is 75.4 Å². The second kappa shape index (κ2) is 10.1. The average molecular weight is 482 g/mol. The van der Waals surface area contributed by atoms with E-state index in [0.717, 1.165) is 35.5 Å². The number of rotatable bonds is 6. The first-order valence-corrected chi connectivity index (χ1v) is 11.8. The lowest BCUT2D eigenvalue weighted by Crippen LogP contribution is -2.39. The molecule has 0 aliphatic carbocycles. The van der Waals surface area contributed by atoms with Gasteiger partial charge in [-0.1, -0.05) is 17.7 Å². The molecular weight excluding hydrogens is 458 g/mol. The Kier molecular flexibility index (Phi) is 6.96. The number of thiophene rings is 1. The maximum atomic E-state index is 13.1. The highest BCUT2D eigenvalue weighted by Gasteiger charge is 2.24.